The van der Waals surface area contributed by atoms with Crippen LogP contribution >= 0.6 is 39.1 Å². The monoisotopic (exact) mass is 362 g/mol. The highest BCUT2D eigenvalue weighted by Gasteiger charge is 2.08. The second-order valence-electron chi connectivity index (χ2n) is 3.90. The molecule has 0 aliphatic carbocycles. The third-order valence-corrected chi connectivity index (χ3v) is 3.92. The van der Waals surface area contributed by atoms with Gasteiger partial charge in [-0.15, -0.1) is 11.6 Å². The van der Waals surface area contributed by atoms with E-state index in [0.29, 0.717) is 17.2 Å². The third kappa shape index (κ3) is 3.62. The van der Waals surface area contributed by atoms with E-state index in [0.717, 1.165) is 10.0 Å². The Hall–Kier alpha value is -0.770. The third-order valence-electron chi connectivity index (χ3n) is 2.57. The summed E-state index contributed by atoms with van der Waals surface area (Å²) in [5.74, 6) is 0.655. The molecule has 0 saturated carbocycles. The minimum atomic E-state index is -0.445. The first-order valence-corrected chi connectivity index (χ1v) is 7.22. The summed E-state index contributed by atoms with van der Waals surface area (Å²) in [5, 5.41) is 0.0935. The quantitative estimate of drug-likeness (QED) is 0.646. The van der Waals surface area contributed by atoms with Crippen LogP contribution in [0.1, 0.15) is 11.1 Å². The fourth-order valence-electron chi connectivity index (χ4n) is 1.56. The van der Waals surface area contributed by atoms with Crippen LogP contribution in [0.25, 0.3) is 0 Å². The molecule has 0 radical (unpaired) electrons. The summed E-state index contributed by atoms with van der Waals surface area (Å²) in [5.41, 5.74) is 1.60. The summed E-state index contributed by atoms with van der Waals surface area (Å²) in [6.07, 6.45) is 0. The summed E-state index contributed by atoms with van der Waals surface area (Å²) < 4.78 is 19.7. The van der Waals surface area contributed by atoms with E-state index in [4.69, 9.17) is 27.9 Å². The normalized spacial score (nSPS) is 10.5. The number of alkyl halides is 1. The average molecular weight is 364 g/mol. The molecule has 0 bridgehead atoms. The Balaban J connectivity index is 2.12. The van der Waals surface area contributed by atoms with Gasteiger partial charge in [0, 0.05) is 11.4 Å². The van der Waals surface area contributed by atoms with E-state index < -0.39 is 5.82 Å². The fraction of sp³-hybridized carbons (Fsp3) is 0.143. The molecule has 0 atom stereocenters. The SMILES string of the molecule is Fc1cccc(COc2ccc(CCl)cc2Br)c1Cl. The molecule has 0 N–H and O–H groups in total. The van der Waals surface area contributed by atoms with Gasteiger partial charge in [0.15, 0.2) is 0 Å². The van der Waals surface area contributed by atoms with Crippen molar-refractivity contribution in [1.82, 2.24) is 0 Å². The van der Waals surface area contributed by atoms with E-state index >= 15 is 0 Å². The number of halogens is 4. The van der Waals surface area contributed by atoms with Crippen molar-refractivity contribution >= 4 is 39.1 Å². The maximum atomic E-state index is 13.3. The highest BCUT2D eigenvalue weighted by Crippen LogP contribution is 2.28. The molecule has 5 heteroatoms. The van der Waals surface area contributed by atoms with Gasteiger partial charge in [-0.1, -0.05) is 29.8 Å². The summed E-state index contributed by atoms with van der Waals surface area (Å²) >= 11 is 15.0. The standard InChI is InChI=1S/C14H10BrCl2FO/c15-11-6-9(7-16)4-5-13(11)19-8-10-2-1-3-12(18)14(10)17/h1-6H,7-8H2. The zero-order valence-corrected chi connectivity index (χ0v) is 12.9. The Kier molecular flexibility index (Phi) is 5.08. The summed E-state index contributed by atoms with van der Waals surface area (Å²) in [7, 11) is 0. The maximum Gasteiger partial charge on any atom is 0.142 e. The lowest BCUT2D eigenvalue weighted by Crippen LogP contribution is -1.98. The lowest BCUT2D eigenvalue weighted by atomic mass is 10.2. The molecular formula is C14H10BrCl2FO. The van der Waals surface area contributed by atoms with Crippen molar-refractivity contribution in [3.05, 3.63) is 62.8 Å². The molecule has 2 aromatic carbocycles. The lowest BCUT2D eigenvalue weighted by Gasteiger charge is -2.10. The van der Waals surface area contributed by atoms with Crippen molar-refractivity contribution < 1.29 is 9.13 Å². The molecule has 0 fully saturated rings. The number of hydrogen-bond acceptors (Lipinski definition) is 1. The Labute approximate surface area is 129 Å². The molecule has 0 aliphatic rings. The minimum absolute atomic E-state index is 0.0935. The Morgan fingerprint density at radius 3 is 2.68 bits per heavy atom. The van der Waals surface area contributed by atoms with Crippen LogP contribution in [0.5, 0.6) is 5.75 Å². The average Bonchev–Trinajstić information content (AvgIpc) is 2.41. The van der Waals surface area contributed by atoms with E-state index in [9.17, 15) is 4.39 Å². The second kappa shape index (κ2) is 6.60. The molecule has 0 aliphatic heterocycles. The van der Waals surface area contributed by atoms with E-state index in [2.05, 4.69) is 15.9 Å². The van der Waals surface area contributed by atoms with Gasteiger partial charge < -0.3 is 4.74 Å². The molecule has 0 heterocycles. The van der Waals surface area contributed by atoms with Crippen molar-refractivity contribution in [2.45, 2.75) is 12.5 Å². The van der Waals surface area contributed by atoms with Gasteiger partial charge in [0.25, 0.3) is 0 Å². The molecule has 0 saturated heterocycles. The molecule has 19 heavy (non-hydrogen) atoms. The van der Waals surface area contributed by atoms with Crippen LogP contribution in [0, 0.1) is 5.82 Å². The number of hydrogen-bond donors (Lipinski definition) is 0. The van der Waals surface area contributed by atoms with Crippen LogP contribution in [0.15, 0.2) is 40.9 Å². The highest BCUT2D eigenvalue weighted by molar-refractivity contribution is 9.10. The summed E-state index contributed by atoms with van der Waals surface area (Å²) in [4.78, 5) is 0. The predicted molar refractivity (Wildman–Crippen MR) is 79.4 cm³/mol. The molecule has 0 aromatic heterocycles. The largest absolute Gasteiger partial charge is 0.488 e. The van der Waals surface area contributed by atoms with Crippen LogP contribution in [-0.4, -0.2) is 0 Å². The van der Waals surface area contributed by atoms with Gasteiger partial charge in [-0.2, -0.15) is 0 Å². The van der Waals surface area contributed by atoms with E-state index in [1.165, 1.54) is 6.07 Å². The number of ether oxygens (including phenoxy) is 1. The van der Waals surface area contributed by atoms with Gasteiger partial charge in [0.05, 0.1) is 9.50 Å². The van der Waals surface area contributed by atoms with Crippen molar-refractivity contribution in [2.75, 3.05) is 0 Å². The van der Waals surface area contributed by atoms with Crippen molar-refractivity contribution in [2.24, 2.45) is 0 Å². The van der Waals surface area contributed by atoms with Crippen molar-refractivity contribution in [3.63, 3.8) is 0 Å². The summed E-state index contributed by atoms with van der Waals surface area (Å²) in [6.45, 7) is 0.204. The lowest BCUT2D eigenvalue weighted by molar-refractivity contribution is 0.303. The van der Waals surface area contributed by atoms with Crippen LogP contribution in [0.2, 0.25) is 5.02 Å². The predicted octanol–water partition coefficient (Wildman–Crippen LogP) is 5.56. The van der Waals surface area contributed by atoms with Crippen LogP contribution in [0.3, 0.4) is 0 Å². The van der Waals surface area contributed by atoms with E-state index in [1.54, 1.807) is 12.1 Å². The topological polar surface area (TPSA) is 9.23 Å². The Bertz CT molecular complexity index is 590. The highest BCUT2D eigenvalue weighted by atomic mass is 79.9. The molecule has 100 valence electrons. The molecule has 0 unspecified atom stereocenters. The van der Waals surface area contributed by atoms with E-state index in [-0.39, 0.29) is 11.6 Å². The van der Waals surface area contributed by atoms with E-state index in [1.807, 2.05) is 18.2 Å². The Morgan fingerprint density at radius 2 is 2.00 bits per heavy atom. The van der Waals surface area contributed by atoms with Gasteiger partial charge in [-0.05, 0) is 39.7 Å². The number of benzene rings is 2. The van der Waals surface area contributed by atoms with Gasteiger partial charge in [-0.3, -0.25) is 0 Å². The fourth-order valence-corrected chi connectivity index (χ4v) is 2.45. The minimum Gasteiger partial charge on any atom is -0.488 e. The second-order valence-corrected chi connectivity index (χ2v) is 5.40. The first-order chi connectivity index (χ1) is 9.11. The molecule has 2 aromatic rings. The van der Waals surface area contributed by atoms with Crippen LogP contribution < -0.4 is 4.74 Å². The van der Waals surface area contributed by atoms with Gasteiger partial charge in [0.2, 0.25) is 0 Å². The van der Waals surface area contributed by atoms with Gasteiger partial charge in [-0.25, -0.2) is 4.39 Å². The first kappa shape index (κ1) is 14.6. The molecule has 0 amide bonds. The zero-order chi connectivity index (χ0) is 13.8. The van der Waals surface area contributed by atoms with Crippen molar-refractivity contribution in [3.8, 4) is 5.75 Å². The van der Waals surface area contributed by atoms with Gasteiger partial charge >= 0.3 is 0 Å². The number of rotatable bonds is 4. The smallest absolute Gasteiger partial charge is 0.142 e. The zero-order valence-electron chi connectivity index (χ0n) is 9.80. The first-order valence-electron chi connectivity index (χ1n) is 5.52. The molecular weight excluding hydrogens is 354 g/mol. The molecule has 2 rings (SSSR count). The molecule has 0 spiro atoms. The molecule has 1 nitrogen and oxygen atoms in total. The van der Waals surface area contributed by atoms with Crippen LogP contribution in [-0.2, 0) is 12.5 Å². The summed E-state index contributed by atoms with van der Waals surface area (Å²) in [6, 6.07) is 10.2. The van der Waals surface area contributed by atoms with Crippen LogP contribution in [0.4, 0.5) is 4.39 Å². The van der Waals surface area contributed by atoms with Crippen molar-refractivity contribution in [1.29, 1.82) is 0 Å². The Morgan fingerprint density at radius 1 is 1.21 bits per heavy atom. The maximum absolute atomic E-state index is 13.3. The van der Waals surface area contributed by atoms with Gasteiger partial charge in [0.1, 0.15) is 18.2 Å².